The van der Waals surface area contributed by atoms with Crippen molar-refractivity contribution >= 4 is 65.7 Å². The Bertz CT molecular complexity index is 3020. The first-order valence-corrected chi connectivity index (χ1v) is 26.3. The van der Waals surface area contributed by atoms with Gasteiger partial charge in [0.1, 0.15) is 0 Å². The molecule has 0 spiro atoms. The third-order valence-electron chi connectivity index (χ3n) is 12.4. The lowest BCUT2D eigenvalue weighted by Gasteiger charge is -2.29. The predicted molar refractivity (Wildman–Crippen MR) is 257 cm³/mol. The Morgan fingerprint density at radius 2 is 1.51 bits per heavy atom. The molecule has 3 aromatic rings. The van der Waals surface area contributed by atoms with Crippen LogP contribution < -0.4 is 4.90 Å². The molecule has 1 fully saturated rings. The number of hydrogen-bond acceptors (Lipinski definition) is 12. The molecule has 1 unspecified atom stereocenters. The highest BCUT2D eigenvalue weighted by Gasteiger charge is 2.41. The van der Waals surface area contributed by atoms with Crippen LogP contribution in [-0.4, -0.2) is 80.3 Å². The average molecular weight is 990 g/mol. The van der Waals surface area contributed by atoms with E-state index < -0.39 is 70.6 Å². The maximum Gasteiger partial charge on any atom is 0.338 e. The fraction of sp³-hybridized carbons (Fsp3) is 0.347. The van der Waals surface area contributed by atoms with E-state index in [4.69, 9.17) is 4.84 Å². The van der Waals surface area contributed by atoms with E-state index in [0.717, 1.165) is 39.8 Å². The first-order valence-electron chi connectivity index (χ1n) is 21.8. The Hall–Kier alpha value is -5.83. The van der Waals surface area contributed by atoms with E-state index in [1.807, 2.05) is 69.0 Å². The Balaban J connectivity index is 1.37. The number of aliphatic imine (C=N–C) groups is 1. The fourth-order valence-corrected chi connectivity index (χ4v) is 10.5. The maximum atomic E-state index is 12.5. The second kappa shape index (κ2) is 20.0. The minimum Gasteiger partial charge on any atom is -0.344 e. The highest BCUT2D eigenvalue weighted by Crippen LogP contribution is 2.49. The maximum absolute atomic E-state index is 12.5. The van der Waals surface area contributed by atoms with Crippen LogP contribution in [0.2, 0.25) is 0 Å². The van der Waals surface area contributed by atoms with Crippen LogP contribution in [0.1, 0.15) is 89.8 Å². The molecule has 19 heteroatoms. The molecule has 6 rings (SSSR count). The summed E-state index contributed by atoms with van der Waals surface area (Å²) in [5.74, 6) is -3.04. The standard InChI is InChI=1S/C49H55N3O13S3/c1-32(31-66(56,57)58)30-51-43-22-21-38(68(62,63)64)29-41(43)49(5,6)44(51)23-18-36-11-9-10-35(39(36)28-34-15-19-37(20-16-34)67(59,60)61)17-14-33(2)48(3,4)40-12-7-8-13-42(40)50-27-26-47(55)65-52-45(53)24-25-46(52)54/h7-8,12-23,27,29,32H,2,9-11,24-26,28,30-31H2,1,3-6H3,(H,56,57,58)(H,59,60,61)(H,62,63,64)/b17-14+,36-18+,44-23+,50-27?. The van der Waals surface area contributed by atoms with Gasteiger partial charge in [0.2, 0.25) is 0 Å². The SMILES string of the molecule is C=C(/C=C/C1=C(Cc2ccc(S(=O)(=O)O)cc2)C(=C/C=C2/N(CC(C)CS(=O)(=O)O)c3ccc(S(=O)(=O)O)cc3C2(C)C)/CCC1)C(C)(C)c1ccccc1N=CCC(=O)ON1C(=O)CCC1=O. The lowest BCUT2D eigenvalue weighted by molar-refractivity contribution is -0.196. The molecule has 0 saturated carbocycles. The lowest BCUT2D eigenvalue weighted by Crippen LogP contribution is -2.32. The van der Waals surface area contributed by atoms with Crippen LogP contribution in [0.25, 0.3) is 0 Å². The minimum atomic E-state index is -4.56. The van der Waals surface area contributed by atoms with Crippen LogP contribution in [-0.2, 0) is 66.8 Å². The number of benzene rings is 3. The number of para-hydroxylation sites is 1. The van der Waals surface area contributed by atoms with Gasteiger partial charge in [-0.2, -0.15) is 25.3 Å². The van der Waals surface area contributed by atoms with Gasteiger partial charge < -0.3 is 9.74 Å². The highest BCUT2D eigenvalue weighted by molar-refractivity contribution is 7.86. The predicted octanol–water partition coefficient (Wildman–Crippen LogP) is 8.12. The van der Waals surface area contributed by atoms with Crippen molar-refractivity contribution in [3.8, 4) is 0 Å². The summed E-state index contributed by atoms with van der Waals surface area (Å²) in [5.41, 5.74) is 6.06. The molecule has 0 aromatic heterocycles. The second-order valence-corrected chi connectivity index (χ2v) is 22.5. The zero-order valence-corrected chi connectivity index (χ0v) is 40.8. The van der Waals surface area contributed by atoms with E-state index in [9.17, 15) is 53.3 Å². The van der Waals surface area contributed by atoms with E-state index in [0.29, 0.717) is 47.0 Å². The zero-order chi connectivity index (χ0) is 50.0. The number of carbonyl (C=O) groups is 3. The highest BCUT2D eigenvalue weighted by atomic mass is 32.2. The molecular weight excluding hydrogens is 935 g/mol. The van der Waals surface area contributed by atoms with Gasteiger partial charge in [-0.1, -0.05) is 89.8 Å². The molecule has 362 valence electrons. The lowest BCUT2D eigenvalue weighted by atomic mass is 9.76. The molecule has 3 aromatic carbocycles. The molecular formula is C49H55N3O13S3. The van der Waals surface area contributed by atoms with Gasteiger partial charge in [0.15, 0.2) is 0 Å². The normalized spacial score (nSPS) is 18.6. The van der Waals surface area contributed by atoms with Crippen LogP contribution >= 0.6 is 0 Å². The average Bonchev–Trinajstić information content (AvgIpc) is 3.67. The number of nitrogens with zero attached hydrogens (tertiary/aromatic N) is 3. The zero-order valence-electron chi connectivity index (χ0n) is 38.4. The molecule has 0 radical (unpaired) electrons. The van der Waals surface area contributed by atoms with Crippen LogP contribution in [0.3, 0.4) is 0 Å². The molecule has 1 saturated heterocycles. The number of imide groups is 1. The van der Waals surface area contributed by atoms with E-state index in [-0.39, 0.29) is 35.6 Å². The second-order valence-electron chi connectivity index (χ2n) is 18.2. The van der Waals surface area contributed by atoms with E-state index in [2.05, 4.69) is 11.6 Å². The van der Waals surface area contributed by atoms with E-state index in [1.165, 1.54) is 30.5 Å². The number of anilines is 1. The van der Waals surface area contributed by atoms with Crippen molar-refractivity contribution in [2.75, 3.05) is 17.2 Å². The largest absolute Gasteiger partial charge is 0.344 e. The topological polar surface area (TPSA) is 242 Å². The van der Waals surface area contributed by atoms with Crippen molar-refractivity contribution in [2.24, 2.45) is 10.9 Å². The molecule has 1 aliphatic carbocycles. The quantitative estimate of drug-likeness (QED) is 0.0501. The molecule has 2 heterocycles. The smallest absolute Gasteiger partial charge is 0.338 e. The van der Waals surface area contributed by atoms with Crippen molar-refractivity contribution < 1.29 is 58.1 Å². The van der Waals surface area contributed by atoms with Crippen LogP contribution in [0.15, 0.2) is 140 Å². The molecule has 68 heavy (non-hydrogen) atoms. The molecule has 3 aliphatic rings. The Morgan fingerprint density at radius 1 is 0.882 bits per heavy atom. The summed E-state index contributed by atoms with van der Waals surface area (Å²) in [6.45, 7) is 14.0. The van der Waals surface area contributed by atoms with Gasteiger partial charge in [-0.3, -0.25) is 28.2 Å². The Labute approximate surface area is 397 Å². The summed E-state index contributed by atoms with van der Waals surface area (Å²) in [7, 11) is -13.3. The molecule has 0 bridgehead atoms. The summed E-state index contributed by atoms with van der Waals surface area (Å²) in [4.78, 5) is 47.1. The van der Waals surface area contributed by atoms with Crippen LogP contribution in [0, 0.1) is 5.92 Å². The van der Waals surface area contributed by atoms with Gasteiger partial charge in [0, 0.05) is 47.8 Å². The van der Waals surface area contributed by atoms with Crippen molar-refractivity contribution in [1.29, 1.82) is 0 Å². The first-order chi connectivity index (χ1) is 31.7. The summed E-state index contributed by atoms with van der Waals surface area (Å²) >= 11 is 0. The van der Waals surface area contributed by atoms with Gasteiger partial charge in [-0.25, -0.2) is 4.79 Å². The van der Waals surface area contributed by atoms with Gasteiger partial charge in [0.25, 0.3) is 42.2 Å². The summed E-state index contributed by atoms with van der Waals surface area (Å²) in [5, 5.41) is 0.488. The van der Waals surface area contributed by atoms with Crippen LogP contribution in [0.4, 0.5) is 11.4 Å². The molecule has 2 aliphatic heterocycles. The molecule has 16 nitrogen and oxygen atoms in total. The summed E-state index contributed by atoms with van der Waals surface area (Å²) in [6.07, 6.45) is 11.3. The van der Waals surface area contributed by atoms with Crippen molar-refractivity contribution in [3.63, 3.8) is 0 Å². The number of carbonyl (C=O) groups excluding carboxylic acids is 3. The molecule has 2 amide bonds. The molecule has 1 atom stereocenters. The third kappa shape index (κ3) is 12.1. The first kappa shape index (κ1) is 51.6. The number of rotatable bonds is 17. The van der Waals surface area contributed by atoms with Gasteiger partial charge >= 0.3 is 5.97 Å². The van der Waals surface area contributed by atoms with Gasteiger partial charge in [-0.15, -0.1) is 5.06 Å². The number of fused-ring (bicyclic) bond motifs is 1. The number of allylic oxidation sites excluding steroid dienone is 9. The van der Waals surface area contributed by atoms with E-state index in [1.54, 1.807) is 37.3 Å². The Kier molecular flexibility index (Phi) is 15.2. The van der Waals surface area contributed by atoms with Crippen molar-refractivity contribution in [1.82, 2.24) is 5.06 Å². The number of hydroxylamine groups is 2. The Morgan fingerprint density at radius 3 is 2.15 bits per heavy atom. The number of hydrogen-bond donors (Lipinski definition) is 3. The fourth-order valence-electron chi connectivity index (χ4n) is 8.68. The van der Waals surface area contributed by atoms with Crippen molar-refractivity contribution in [2.45, 2.75) is 100 Å². The summed E-state index contributed by atoms with van der Waals surface area (Å²) < 4.78 is 101. The third-order valence-corrected chi connectivity index (χ3v) is 15.1. The number of amides is 2. The van der Waals surface area contributed by atoms with Gasteiger partial charge in [-0.05, 0) is 113 Å². The minimum absolute atomic E-state index is 0.0201. The monoisotopic (exact) mass is 989 g/mol. The van der Waals surface area contributed by atoms with Crippen LogP contribution in [0.5, 0.6) is 0 Å². The van der Waals surface area contributed by atoms with E-state index >= 15 is 0 Å². The summed E-state index contributed by atoms with van der Waals surface area (Å²) in [6, 6.07) is 17.6. The van der Waals surface area contributed by atoms with Crippen molar-refractivity contribution in [3.05, 3.63) is 142 Å². The van der Waals surface area contributed by atoms with Gasteiger partial charge in [0.05, 0.1) is 27.7 Å². The molecule has 3 N–H and O–H groups in total.